The van der Waals surface area contributed by atoms with Gasteiger partial charge in [-0.25, -0.2) is 4.98 Å². The summed E-state index contributed by atoms with van der Waals surface area (Å²) in [5.41, 5.74) is 3.30. The van der Waals surface area contributed by atoms with Crippen molar-refractivity contribution in [1.29, 1.82) is 0 Å². The number of amides is 1. The Morgan fingerprint density at radius 3 is 2.59 bits per heavy atom. The number of hydrogen-bond donors (Lipinski definition) is 1. The highest BCUT2D eigenvalue weighted by Gasteiger charge is 2.16. The number of hydrogen-bond acceptors (Lipinski definition) is 6. The van der Waals surface area contributed by atoms with Crippen LogP contribution >= 0.6 is 11.3 Å². The fourth-order valence-electron chi connectivity index (χ4n) is 3.59. The van der Waals surface area contributed by atoms with Crippen molar-refractivity contribution < 1.29 is 14.1 Å². The molecule has 2 aromatic heterocycles. The van der Waals surface area contributed by atoms with Crippen molar-refractivity contribution in [2.75, 3.05) is 6.54 Å². The zero-order chi connectivity index (χ0) is 22.5. The van der Waals surface area contributed by atoms with Crippen molar-refractivity contribution in [2.45, 2.75) is 46.6 Å². The van der Waals surface area contributed by atoms with E-state index in [1.807, 2.05) is 57.2 Å². The van der Waals surface area contributed by atoms with Crippen LogP contribution in [0.5, 0.6) is 5.75 Å². The standard InChI is InChI=1S/C25H27N3O3S/c1-16-15-32-24(27-16)10-6-7-11-26-25(29)21-12-19-8-4-5-9-20(19)13-23(21)30-14-22-17(2)28-31-18(22)3/h4-5,8-9,12-13,15H,6-7,10-11,14H2,1-3H3,(H,26,29). The van der Waals surface area contributed by atoms with Crippen LogP contribution in [0.4, 0.5) is 0 Å². The maximum atomic E-state index is 13.0. The van der Waals surface area contributed by atoms with Crippen LogP contribution < -0.4 is 10.1 Å². The van der Waals surface area contributed by atoms with Crippen molar-refractivity contribution in [3.63, 3.8) is 0 Å². The van der Waals surface area contributed by atoms with Gasteiger partial charge in [0.15, 0.2) is 0 Å². The molecule has 4 rings (SSSR count). The molecule has 0 atom stereocenters. The number of benzene rings is 2. The molecule has 0 saturated carbocycles. The van der Waals surface area contributed by atoms with Crippen LogP contribution in [0, 0.1) is 20.8 Å². The van der Waals surface area contributed by atoms with Crippen LogP contribution in [0.2, 0.25) is 0 Å². The van der Waals surface area contributed by atoms with E-state index in [4.69, 9.17) is 9.26 Å². The van der Waals surface area contributed by atoms with Crippen molar-refractivity contribution in [3.05, 3.63) is 75.1 Å². The number of aryl methyl sites for hydroxylation is 4. The number of nitrogens with zero attached hydrogens (tertiary/aromatic N) is 2. The van der Waals surface area contributed by atoms with Crippen molar-refractivity contribution in [1.82, 2.24) is 15.5 Å². The Kier molecular flexibility index (Phi) is 6.85. The normalized spacial score (nSPS) is 11.1. The predicted octanol–water partition coefficient (Wildman–Crippen LogP) is 5.54. The lowest BCUT2D eigenvalue weighted by Gasteiger charge is -2.13. The Labute approximate surface area is 191 Å². The molecule has 0 radical (unpaired) electrons. The van der Waals surface area contributed by atoms with E-state index in [2.05, 4.69) is 20.8 Å². The van der Waals surface area contributed by atoms with Gasteiger partial charge in [-0.15, -0.1) is 11.3 Å². The summed E-state index contributed by atoms with van der Waals surface area (Å²) in [5.74, 6) is 1.15. The molecule has 0 fully saturated rings. The van der Waals surface area contributed by atoms with Gasteiger partial charge in [-0.3, -0.25) is 4.79 Å². The molecular weight excluding hydrogens is 422 g/mol. The minimum atomic E-state index is -0.130. The van der Waals surface area contributed by atoms with E-state index in [1.54, 1.807) is 11.3 Å². The maximum absolute atomic E-state index is 13.0. The third-order valence-electron chi connectivity index (χ3n) is 5.42. The Bertz CT molecular complexity index is 1210. The first-order valence-electron chi connectivity index (χ1n) is 10.8. The Morgan fingerprint density at radius 1 is 1.12 bits per heavy atom. The summed E-state index contributed by atoms with van der Waals surface area (Å²) >= 11 is 1.69. The largest absolute Gasteiger partial charge is 0.488 e. The predicted molar refractivity (Wildman–Crippen MR) is 126 cm³/mol. The van der Waals surface area contributed by atoms with Gasteiger partial charge in [0.2, 0.25) is 0 Å². The van der Waals surface area contributed by atoms with Crippen LogP contribution in [0.15, 0.2) is 46.3 Å². The van der Waals surface area contributed by atoms with Gasteiger partial charge in [0, 0.05) is 17.6 Å². The third-order valence-corrected chi connectivity index (χ3v) is 6.44. The van der Waals surface area contributed by atoms with Crippen LogP contribution in [0.25, 0.3) is 10.8 Å². The minimum absolute atomic E-state index is 0.130. The fourth-order valence-corrected chi connectivity index (χ4v) is 4.41. The van der Waals surface area contributed by atoms with Crippen LogP contribution in [0.3, 0.4) is 0 Å². The average Bonchev–Trinajstić information content (AvgIpc) is 3.35. The lowest BCUT2D eigenvalue weighted by atomic mass is 10.0. The summed E-state index contributed by atoms with van der Waals surface area (Å²) in [5, 5.41) is 12.3. The summed E-state index contributed by atoms with van der Waals surface area (Å²) in [6, 6.07) is 11.8. The molecule has 2 heterocycles. The fraction of sp³-hybridized carbons (Fsp3) is 0.320. The highest BCUT2D eigenvalue weighted by atomic mass is 32.1. The second-order valence-corrected chi connectivity index (χ2v) is 8.83. The van der Waals surface area contributed by atoms with Crippen molar-refractivity contribution in [2.24, 2.45) is 0 Å². The number of carbonyl (C=O) groups is 1. The van der Waals surface area contributed by atoms with Crippen molar-refractivity contribution >= 4 is 28.0 Å². The van der Waals surface area contributed by atoms with Gasteiger partial charge >= 0.3 is 0 Å². The molecule has 7 heteroatoms. The molecule has 0 spiro atoms. The topological polar surface area (TPSA) is 77.2 Å². The number of unbranched alkanes of at least 4 members (excludes halogenated alkanes) is 1. The second-order valence-electron chi connectivity index (χ2n) is 7.88. The molecule has 0 saturated heterocycles. The summed E-state index contributed by atoms with van der Waals surface area (Å²) in [4.78, 5) is 17.5. The summed E-state index contributed by atoms with van der Waals surface area (Å²) in [6.07, 6.45) is 2.82. The molecule has 2 aromatic carbocycles. The molecule has 0 unspecified atom stereocenters. The van der Waals surface area contributed by atoms with Crippen LogP contribution in [-0.2, 0) is 13.0 Å². The number of aromatic nitrogens is 2. The summed E-state index contributed by atoms with van der Waals surface area (Å²) < 4.78 is 11.3. The van der Waals surface area contributed by atoms with Crippen molar-refractivity contribution in [3.8, 4) is 5.75 Å². The zero-order valence-corrected chi connectivity index (χ0v) is 19.4. The SMILES string of the molecule is Cc1csc(CCCCNC(=O)c2cc3ccccc3cc2OCc2c(C)noc2C)n1. The highest BCUT2D eigenvalue weighted by Crippen LogP contribution is 2.28. The zero-order valence-electron chi connectivity index (χ0n) is 18.6. The number of fused-ring (bicyclic) bond motifs is 1. The van der Waals surface area contributed by atoms with Gasteiger partial charge in [0.05, 0.1) is 21.8 Å². The lowest BCUT2D eigenvalue weighted by Crippen LogP contribution is -2.25. The van der Waals surface area contributed by atoms with Gasteiger partial charge in [-0.2, -0.15) is 0 Å². The third kappa shape index (κ3) is 5.16. The Morgan fingerprint density at radius 2 is 1.91 bits per heavy atom. The first-order chi connectivity index (χ1) is 15.5. The van der Waals surface area contributed by atoms with E-state index < -0.39 is 0 Å². The molecule has 32 heavy (non-hydrogen) atoms. The summed E-state index contributed by atoms with van der Waals surface area (Å²) in [7, 11) is 0. The minimum Gasteiger partial charge on any atom is -0.488 e. The molecule has 0 aliphatic carbocycles. The molecule has 1 N–H and O–H groups in total. The van der Waals surface area contributed by atoms with E-state index in [9.17, 15) is 4.79 Å². The average molecular weight is 450 g/mol. The quantitative estimate of drug-likeness (QED) is 0.339. The molecular formula is C25H27N3O3S. The molecule has 1 amide bonds. The van der Waals surface area contributed by atoms with E-state index in [1.165, 1.54) is 0 Å². The van der Waals surface area contributed by atoms with E-state index in [0.29, 0.717) is 24.5 Å². The highest BCUT2D eigenvalue weighted by molar-refractivity contribution is 7.09. The molecule has 0 aliphatic heterocycles. The maximum Gasteiger partial charge on any atom is 0.255 e. The number of nitrogens with one attached hydrogen (secondary N) is 1. The van der Waals surface area contributed by atoms with Gasteiger partial charge in [0.25, 0.3) is 5.91 Å². The number of rotatable bonds is 9. The van der Waals surface area contributed by atoms with Gasteiger partial charge in [-0.1, -0.05) is 29.4 Å². The lowest BCUT2D eigenvalue weighted by molar-refractivity contribution is 0.0948. The molecule has 4 aromatic rings. The first-order valence-corrected chi connectivity index (χ1v) is 11.7. The Balaban J connectivity index is 1.43. The molecule has 166 valence electrons. The molecule has 0 bridgehead atoms. The number of ether oxygens (including phenoxy) is 1. The molecule has 0 aliphatic rings. The van der Waals surface area contributed by atoms with Gasteiger partial charge < -0.3 is 14.6 Å². The van der Waals surface area contributed by atoms with E-state index in [-0.39, 0.29) is 5.91 Å². The monoisotopic (exact) mass is 449 g/mol. The van der Waals surface area contributed by atoms with Crippen LogP contribution in [0.1, 0.15) is 50.9 Å². The summed E-state index contributed by atoms with van der Waals surface area (Å²) in [6.45, 7) is 6.66. The molecule has 6 nitrogen and oxygen atoms in total. The van der Waals surface area contributed by atoms with Gasteiger partial charge in [0.1, 0.15) is 18.1 Å². The first kappa shape index (κ1) is 22.0. The smallest absolute Gasteiger partial charge is 0.255 e. The van der Waals surface area contributed by atoms with E-state index >= 15 is 0 Å². The Hall–Kier alpha value is -3.19. The number of carbonyl (C=O) groups excluding carboxylic acids is 1. The second kappa shape index (κ2) is 9.96. The van der Waals surface area contributed by atoms with Gasteiger partial charge in [-0.05, 0) is 62.9 Å². The van der Waals surface area contributed by atoms with E-state index in [0.717, 1.165) is 57.8 Å². The number of thiazole rings is 1. The van der Waals surface area contributed by atoms with Crippen LogP contribution in [-0.4, -0.2) is 22.6 Å².